The second-order valence-electron chi connectivity index (χ2n) is 8.82. The van der Waals surface area contributed by atoms with E-state index in [-0.39, 0.29) is 24.1 Å². The van der Waals surface area contributed by atoms with Gasteiger partial charge in [-0.2, -0.15) is 0 Å². The van der Waals surface area contributed by atoms with Crippen molar-refractivity contribution in [3.8, 4) is 0 Å². The molecule has 1 saturated heterocycles. The smallest absolute Gasteiger partial charge is 0.273 e. The average molecular weight is 451 g/mol. The molecule has 2 nitrogen and oxygen atoms in total. The van der Waals surface area contributed by atoms with Crippen molar-refractivity contribution in [2.24, 2.45) is 0 Å². The highest BCUT2D eigenvalue weighted by atomic mass is 32.2. The van der Waals surface area contributed by atoms with Crippen molar-refractivity contribution in [3.05, 3.63) is 95.3 Å². The largest absolute Gasteiger partial charge is 0.289 e. The summed E-state index contributed by atoms with van der Waals surface area (Å²) in [5.41, 5.74) is 3.43. The van der Waals surface area contributed by atoms with Gasteiger partial charge in [-0.3, -0.25) is 9.88 Å². The van der Waals surface area contributed by atoms with Gasteiger partial charge in [-0.1, -0.05) is 48.9 Å². The van der Waals surface area contributed by atoms with Gasteiger partial charge in [-0.15, -0.1) is 11.8 Å². The zero-order valence-corrected chi connectivity index (χ0v) is 18.9. The summed E-state index contributed by atoms with van der Waals surface area (Å²) in [5, 5.41) is 0. The lowest BCUT2D eigenvalue weighted by Crippen LogP contribution is -2.40. The summed E-state index contributed by atoms with van der Waals surface area (Å²) in [5.74, 6) is -1.99. The van der Waals surface area contributed by atoms with E-state index in [1.165, 1.54) is 17.5 Å². The van der Waals surface area contributed by atoms with Crippen molar-refractivity contribution in [1.82, 2.24) is 9.88 Å². The quantitative estimate of drug-likeness (QED) is 0.374. The number of benzene rings is 2. The number of aromatic nitrogens is 1. The summed E-state index contributed by atoms with van der Waals surface area (Å²) in [6.07, 6.45) is 7.47. The molecule has 5 heteroatoms. The van der Waals surface area contributed by atoms with Crippen LogP contribution in [0.2, 0.25) is 0 Å². The fourth-order valence-corrected chi connectivity index (χ4v) is 6.08. The van der Waals surface area contributed by atoms with Gasteiger partial charge in [0.2, 0.25) is 0 Å². The van der Waals surface area contributed by atoms with Crippen LogP contribution in [0, 0.1) is 0 Å². The van der Waals surface area contributed by atoms with E-state index in [4.69, 9.17) is 0 Å². The van der Waals surface area contributed by atoms with E-state index in [9.17, 15) is 0 Å². The highest BCUT2D eigenvalue weighted by molar-refractivity contribution is 7.98. The number of hydrogen-bond donors (Lipinski definition) is 0. The molecule has 166 valence electrons. The van der Waals surface area contributed by atoms with Crippen LogP contribution in [0.3, 0.4) is 0 Å². The number of hydrogen-bond acceptors (Lipinski definition) is 3. The maximum atomic E-state index is 15.1. The van der Waals surface area contributed by atoms with Crippen molar-refractivity contribution >= 4 is 11.8 Å². The lowest BCUT2D eigenvalue weighted by molar-refractivity contribution is -0.0422. The molecule has 1 aliphatic carbocycles. The third-order valence-corrected chi connectivity index (χ3v) is 7.84. The van der Waals surface area contributed by atoms with Crippen molar-refractivity contribution in [3.63, 3.8) is 0 Å². The first-order chi connectivity index (χ1) is 15.6. The van der Waals surface area contributed by atoms with Crippen LogP contribution in [0.4, 0.5) is 8.78 Å². The van der Waals surface area contributed by atoms with Crippen molar-refractivity contribution in [1.29, 1.82) is 0 Å². The van der Waals surface area contributed by atoms with Gasteiger partial charge >= 0.3 is 0 Å². The molecule has 0 amide bonds. The number of piperidine rings is 1. The molecule has 0 N–H and O–H groups in total. The predicted molar refractivity (Wildman–Crippen MR) is 126 cm³/mol. The Morgan fingerprint density at radius 2 is 1.84 bits per heavy atom. The van der Waals surface area contributed by atoms with Crippen LogP contribution in [0.15, 0.2) is 78.0 Å². The van der Waals surface area contributed by atoms with Crippen molar-refractivity contribution in [2.75, 3.05) is 6.54 Å². The van der Waals surface area contributed by atoms with Gasteiger partial charge in [0.1, 0.15) is 0 Å². The number of fused-ring (bicyclic) bond motifs is 1. The molecule has 5 rings (SSSR count). The number of thioether (sulfide) groups is 1. The van der Waals surface area contributed by atoms with Gasteiger partial charge in [0, 0.05) is 47.1 Å². The summed E-state index contributed by atoms with van der Waals surface area (Å²) in [6.45, 7) is 0.944. The van der Waals surface area contributed by atoms with Gasteiger partial charge < -0.3 is 0 Å². The zero-order chi connectivity index (χ0) is 22.0. The summed E-state index contributed by atoms with van der Waals surface area (Å²) in [4.78, 5) is 7.69. The topological polar surface area (TPSA) is 16.1 Å². The van der Waals surface area contributed by atoms with Gasteiger partial charge in [-0.25, -0.2) is 8.78 Å². The lowest BCUT2D eigenvalue weighted by Gasteiger charge is -2.45. The lowest BCUT2D eigenvalue weighted by atomic mass is 9.82. The first-order valence-electron chi connectivity index (χ1n) is 11.5. The monoisotopic (exact) mass is 450 g/mol. The van der Waals surface area contributed by atoms with Crippen LogP contribution < -0.4 is 0 Å². The molecule has 1 fully saturated rings. The minimum absolute atomic E-state index is 0.0308. The molecule has 1 aromatic heterocycles. The van der Waals surface area contributed by atoms with E-state index in [1.807, 2.05) is 42.6 Å². The third kappa shape index (κ3) is 4.46. The Hall–Kier alpha value is -2.24. The van der Waals surface area contributed by atoms with E-state index in [1.54, 1.807) is 24.0 Å². The van der Waals surface area contributed by atoms with Crippen LogP contribution >= 0.6 is 11.8 Å². The maximum Gasteiger partial charge on any atom is 0.273 e. The van der Waals surface area contributed by atoms with Crippen LogP contribution in [0.25, 0.3) is 0 Å². The standard InChI is InChI=1S/C27H28F2N2S/c28-27(29)14-13-26(31-16-5-4-10-25(31)21-9-6-15-30-18-21)23-12-11-22(17-24(23)27)32-19-20-7-2-1-3-8-20/h1-3,6-9,11-12,15,17-18,25-26H,4-5,10,13-14,16,19H2/t25-,26?/m0/s1. The normalized spacial score (nSPS) is 22.9. The molecule has 1 unspecified atom stereocenters. The molecular formula is C27H28F2N2S. The highest BCUT2D eigenvalue weighted by Crippen LogP contribution is 2.50. The van der Waals surface area contributed by atoms with Gasteiger partial charge in [0.25, 0.3) is 5.92 Å². The van der Waals surface area contributed by atoms with Crippen LogP contribution in [-0.4, -0.2) is 16.4 Å². The van der Waals surface area contributed by atoms with E-state index >= 15 is 8.78 Å². The number of alkyl halides is 2. The number of nitrogens with zero attached hydrogens (tertiary/aromatic N) is 2. The van der Waals surface area contributed by atoms with E-state index in [0.717, 1.165) is 35.6 Å². The Balaban J connectivity index is 1.43. The Bertz CT molecular complexity index is 1040. The maximum absolute atomic E-state index is 15.1. The SMILES string of the molecule is FC1(F)CCC(N2CCCC[C@H]2c2cccnc2)c2ccc(SCc3ccccc3)cc21. The minimum atomic E-state index is -2.77. The van der Waals surface area contributed by atoms with Crippen LogP contribution in [0.1, 0.15) is 66.4 Å². The molecule has 0 saturated carbocycles. The average Bonchev–Trinajstić information content (AvgIpc) is 2.84. The second-order valence-corrected chi connectivity index (χ2v) is 9.87. The first-order valence-corrected chi connectivity index (χ1v) is 12.4. The van der Waals surface area contributed by atoms with E-state index in [2.05, 4.69) is 28.1 Å². The van der Waals surface area contributed by atoms with E-state index in [0.29, 0.717) is 6.42 Å². The molecule has 32 heavy (non-hydrogen) atoms. The third-order valence-electron chi connectivity index (χ3n) is 6.77. The molecule has 3 aromatic rings. The molecule has 2 heterocycles. The molecule has 0 radical (unpaired) electrons. The summed E-state index contributed by atoms with van der Waals surface area (Å²) < 4.78 is 30.1. The molecule has 2 atom stereocenters. The number of pyridine rings is 1. The molecule has 2 aromatic carbocycles. The molecule has 1 aliphatic heterocycles. The fraction of sp³-hybridized carbons (Fsp3) is 0.370. The Morgan fingerprint density at radius 1 is 0.969 bits per heavy atom. The van der Waals surface area contributed by atoms with Crippen LogP contribution in [0.5, 0.6) is 0 Å². The van der Waals surface area contributed by atoms with Crippen molar-refractivity contribution in [2.45, 2.75) is 60.8 Å². The Morgan fingerprint density at radius 3 is 2.66 bits per heavy atom. The highest BCUT2D eigenvalue weighted by Gasteiger charge is 2.44. The minimum Gasteiger partial charge on any atom is -0.289 e. The van der Waals surface area contributed by atoms with Crippen molar-refractivity contribution < 1.29 is 8.78 Å². The van der Waals surface area contributed by atoms with Gasteiger partial charge in [0.15, 0.2) is 0 Å². The second kappa shape index (κ2) is 9.32. The van der Waals surface area contributed by atoms with Crippen LogP contribution in [-0.2, 0) is 11.7 Å². The summed E-state index contributed by atoms with van der Waals surface area (Å²) in [7, 11) is 0. The Labute approximate surface area is 193 Å². The number of rotatable bonds is 5. The zero-order valence-electron chi connectivity index (χ0n) is 18.1. The van der Waals surface area contributed by atoms with E-state index < -0.39 is 5.92 Å². The predicted octanol–water partition coefficient (Wildman–Crippen LogP) is 7.53. The number of likely N-dealkylation sites (tertiary alicyclic amines) is 1. The fourth-order valence-electron chi connectivity index (χ4n) is 5.18. The molecule has 0 bridgehead atoms. The Kier molecular flexibility index (Phi) is 6.29. The molecule has 2 aliphatic rings. The first kappa shape index (κ1) is 21.6. The summed E-state index contributed by atoms with van der Waals surface area (Å²) in [6, 6.07) is 20.3. The van der Waals surface area contributed by atoms with Gasteiger partial charge in [0.05, 0.1) is 0 Å². The number of halogens is 2. The molecule has 0 spiro atoms. The summed E-state index contributed by atoms with van der Waals surface area (Å²) >= 11 is 1.63. The van der Waals surface area contributed by atoms with Gasteiger partial charge in [-0.05, 0) is 60.7 Å². The molecular weight excluding hydrogens is 422 g/mol.